The van der Waals surface area contributed by atoms with Crippen molar-refractivity contribution in [3.8, 4) is 45.4 Å². The van der Waals surface area contributed by atoms with Crippen LogP contribution in [0, 0.1) is 43.6 Å². The number of fused-ring (bicyclic) bond motifs is 3. The van der Waals surface area contributed by atoms with Crippen molar-refractivity contribution in [2.45, 2.75) is 79.6 Å². The molecule has 0 atom stereocenters. The molecule has 2 aliphatic heterocycles. The molecule has 0 spiro atoms. The summed E-state index contributed by atoms with van der Waals surface area (Å²) in [5, 5.41) is 2.18. The van der Waals surface area contributed by atoms with Gasteiger partial charge in [-0.2, -0.15) is 0 Å². The molecular weight excluding hydrogens is 990 g/mol. The van der Waals surface area contributed by atoms with Crippen LogP contribution < -0.4 is 4.74 Å². The first-order chi connectivity index (χ1) is 31.9. The van der Waals surface area contributed by atoms with Gasteiger partial charge in [0.05, 0.1) is 0 Å². The molecule has 7 heteroatoms. The van der Waals surface area contributed by atoms with Crippen LogP contribution in [0.5, 0.6) is 11.6 Å². The van der Waals surface area contributed by atoms with Gasteiger partial charge in [-0.3, -0.25) is 0 Å². The summed E-state index contributed by atoms with van der Waals surface area (Å²) < 4.78 is 14.6. The number of rotatable bonds is 6. The summed E-state index contributed by atoms with van der Waals surface area (Å²) in [6.07, 6.45) is 7.97. The first kappa shape index (κ1) is 42.0. The Morgan fingerprint density at radius 3 is 2.11 bits per heavy atom. The van der Waals surface area contributed by atoms with Gasteiger partial charge in [-0.05, 0) is 47.1 Å². The van der Waals surface area contributed by atoms with Gasteiger partial charge >= 0.3 is 260 Å². The van der Waals surface area contributed by atoms with E-state index in [0.717, 1.165) is 85.2 Å². The summed E-state index contributed by atoms with van der Waals surface area (Å²) in [5.74, 6) is 1.76. The standard InChI is InChI=1S/C59H51N5O.Pt/c1-37-31-56(61-40(4)58(37)45-17-22-47(23-18-45)59(5,6)7)64-53-28-21-46(43-11-9-8-10-12-43)32-52(53)51-27-26-50(34-54(51)64)65-57-33-49(29-30-60-57)62-35-55-44-16-15-41-13-14-42(39(3)38(41)2)19-24-48(25-20-44)63(55)36-62;/h8-14,17-18,20-23,25-32,35H,15-16,19,24H2,1-7H3;/q-2;. The van der Waals surface area contributed by atoms with Gasteiger partial charge in [-0.15, -0.1) is 0 Å². The van der Waals surface area contributed by atoms with Crippen molar-refractivity contribution in [1.82, 2.24) is 23.5 Å². The molecule has 0 radical (unpaired) electrons. The van der Waals surface area contributed by atoms with Crippen LogP contribution in [0.2, 0.25) is 0 Å². The van der Waals surface area contributed by atoms with E-state index in [-0.39, 0.29) is 5.41 Å². The van der Waals surface area contributed by atoms with Crippen LogP contribution in [0.4, 0.5) is 0 Å². The van der Waals surface area contributed by atoms with Crippen LogP contribution in [0.1, 0.15) is 71.1 Å². The predicted octanol–water partition coefficient (Wildman–Crippen LogP) is 13.8. The molecule has 14 rings (SSSR count). The van der Waals surface area contributed by atoms with Crippen molar-refractivity contribution in [1.29, 1.82) is 0 Å². The summed E-state index contributed by atoms with van der Waals surface area (Å²) >= 11 is 2.47. The zero-order chi connectivity index (χ0) is 45.4. The van der Waals surface area contributed by atoms with Gasteiger partial charge in [0.2, 0.25) is 0 Å². The fourth-order valence-electron chi connectivity index (χ4n) is 10.0. The Hall–Kier alpha value is -6.62. The molecule has 7 heterocycles. The molecule has 10 aromatic rings. The fourth-order valence-corrected chi connectivity index (χ4v) is 11.1. The second-order valence-corrected chi connectivity index (χ2v) is 19.9. The molecule has 6 nitrogen and oxygen atoms in total. The maximum atomic E-state index is 6.62. The van der Waals surface area contributed by atoms with Gasteiger partial charge in [0.15, 0.2) is 0 Å². The van der Waals surface area contributed by atoms with E-state index in [4.69, 9.17) is 9.72 Å². The quantitative estimate of drug-likeness (QED) is 0.156. The number of hydrogen-bond donors (Lipinski definition) is 0. The average molecular weight is 1040 g/mol. The molecule has 0 unspecified atom stereocenters. The fraction of sp³-hybridized carbons (Fsp3) is 0.203. The molecule has 0 amide bonds. The molecular formula is C59H51N5OPt-2. The second-order valence-electron chi connectivity index (χ2n) is 18.9. The van der Waals surface area contributed by atoms with E-state index in [1.54, 1.807) is 6.20 Å². The number of nitrogens with zero attached hydrogens (tertiary/aromatic N) is 5. The second kappa shape index (κ2) is 16.4. The zero-order valence-corrected chi connectivity index (χ0v) is 40.8. The normalized spacial score (nSPS) is 12.9. The number of aromatic nitrogens is 5. The zero-order valence-electron chi connectivity index (χ0n) is 38.5. The molecule has 0 saturated carbocycles. The van der Waals surface area contributed by atoms with Crippen molar-refractivity contribution < 1.29 is 24.1 Å². The van der Waals surface area contributed by atoms with Crippen LogP contribution in [-0.4, -0.2) is 23.5 Å². The minimum Gasteiger partial charge on any atom is -0.0579 e. The molecule has 2 aliphatic carbocycles. The summed E-state index contributed by atoms with van der Waals surface area (Å²) in [5.41, 5.74) is 20.5. The van der Waals surface area contributed by atoms with Crippen LogP contribution in [-0.2, 0) is 50.5 Å². The van der Waals surface area contributed by atoms with Gasteiger partial charge in [0, 0.05) is 11.3 Å². The number of imidazole rings is 1. The molecule has 4 bridgehead atoms. The molecule has 330 valence electrons. The van der Waals surface area contributed by atoms with Crippen molar-refractivity contribution >= 4 is 27.3 Å². The van der Waals surface area contributed by atoms with E-state index in [2.05, 4.69) is 214 Å². The number of pyridine rings is 3. The van der Waals surface area contributed by atoms with Crippen molar-refractivity contribution in [2.75, 3.05) is 0 Å². The molecule has 0 fully saturated rings. The van der Waals surface area contributed by atoms with Gasteiger partial charge in [-0.1, -0.05) is 81.4 Å². The van der Waals surface area contributed by atoms with Gasteiger partial charge in [0.1, 0.15) is 0 Å². The van der Waals surface area contributed by atoms with E-state index < -0.39 is 0 Å². The third-order valence-corrected chi connectivity index (χ3v) is 14.9. The molecule has 5 aromatic carbocycles. The maximum absolute atomic E-state index is 6.62. The van der Waals surface area contributed by atoms with Crippen molar-refractivity contribution in [3.63, 3.8) is 0 Å². The smallest absolute Gasteiger partial charge is 0.0579 e. The van der Waals surface area contributed by atoms with E-state index >= 15 is 0 Å². The number of hydrogen-bond acceptors (Lipinski definition) is 3. The molecule has 5 aromatic heterocycles. The van der Waals surface area contributed by atoms with Crippen LogP contribution in [0.3, 0.4) is 0 Å². The first-order valence-electron chi connectivity index (χ1n) is 22.9. The van der Waals surface area contributed by atoms with Crippen LogP contribution in [0.15, 0.2) is 134 Å². The van der Waals surface area contributed by atoms with E-state index in [1.807, 2.05) is 12.1 Å². The van der Waals surface area contributed by atoms with Crippen LogP contribution >= 0.6 is 0 Å². The summed E-state index contributed by atoms with van der Waals surface area (Å²) in [6, 6.07) is 51.1. The Morgan fingerprint density at radius 2 is 1.36 bits per heavy atom. The Balaban J connectivity index is 0.986. The van der Waals surface area contributed by atoms with E-state index in [9.17, 15) is 0 Å². The SMILES string of the molecule is Cc1cc(-n2c3[c-]c(Oc4[c-]c(-n5cc6c7ccc(n6[c]5=[Pt])CCc5ccc(c(C)c5C)CC7)ccn4)ccc3c3cc(-c4ccccc4)ccc32)nc(C)c1-c1ccc(C(C)(C)C)cc1. The number of aryl methyl sites for hydroxylation is 6. The van der Waals surface area contributed by atoms with E-state index in [0.29, 0.717) is 11.6 Å². The monoisotopic (exact) mass is 1040 g/mol. The number of ether oxygens (including phenoxy) is 1. The van der Waals surface area contributed by atoms with Crippen molar-refractivity contribution in [3.05, 3.63) is 200 Å². The van der Waals surface area contributed by atoms with E-state index in [1.165, 1.54) is 55.7 Å². The van der Waals surface area contributed by atoms with Gasteiger partial charge < -0.3 is 0 Å². The minimum atomic E-state index is 0.0826. The molecule has 0 saturated heterocycles. The predicted molar refractivity (Wildman–Crippen MR) is 264 cm³/mol. The van der Waals surface area contributed by atoms with Crippen molar-refractivity contribution in [2.24, 2.45) is 0 Å². The summed E-state index contributed by atoms with van der Waals surface area (Å²) in [7, 11) is 0. The Kier molecular flexibility index (Phi) is 10.4. The summed E-state index contributed by atoms with van der Waals surface area (Å²) in [4.78, 5) is 10.0. The molecule has 66 heavy (non-hydrogen) atoms. The molecule has 4 aliphatic rings. The topological polar surface area (TPSA) is 49.3 Å². The first-order valence-corrected chi connectivity index (χ1v) is 24.0. The van der Waals surface area contributed by atoms with Gasteiger partial charge in [0.25, 0.3) is 0 Å². The Bertz CT molecular complexity index is 3580. The average Bonchev–Trinajstić information content (AvgIpc) is 3.83. The number of benzene rings is 5. The third kappa shape index (κ3) is 7.36. The third-order valence-electron chi connectivity index (χ3n) is 13.8. The molecule has 0 N–H and O–H groups in total. The van der Waals surface area contributed by atoms with Gasteiger partial charge in [-0.25, -0.2) is 0 Å². The Labute approximate surface area is 397 Å². The summed E-state index contributed by atoms with van der Waals surface area (Å²) in [6.45, 7) is 15.6. The minimum absolute atomic E-state index is 0.0826. The van der Waals surface area contributed by atoms with Crippen LogP contribution in [0.25, 0.3) is 61.1 Å². The Morgan fingerprint density at radius 1 is 0.652 bits per heavy atom.